The van der Waals surface area contributed by atoms with Crippen LogP contribution in [0.5, 0.6) is 5.75 Å². The van der Waals surface area contributed by atoms with Crippen molar-refractivity contribution in [1.82, 2.24) is 10.1 Å². The number of benzene rings is 2. The minimum atomic E-state index is -3.76. The summed E-state index contributed by atoms with van der Waals surface area (Å²) in [6, 6.07) is 13.2. The fourth-order valence-electron chi connectivity index (χ4n) is 2.56. The van der Waals surface area contributed by atoms with Crippen LogP contribution in [0, 0.1) is 0 Å². The molecule has 0 atom stereocenters. The Hall–Kier alpha value is -3.38. The SMILES string of the molecule is COc1ccc(NC(=O)C(=O)N/N=C/c2ccc(CNS(=O)(=O)c3ccc(Cl)cc3)o2)cc1Cl. The molecular formula is C21H18Cl2N4O6S. The van der Waals surface area contributed by atoms with Crippen molar-refractivity contribution in [3.63, 3.8) is 0 Å². The number of nitrogens with zero attached hydrogens (tertiary/aromatic N) is 1. The van der Waals surface area contributed by atoms with E-state index in [4.69, 9.17) is 32.4 Å². The number of methoxy groups -OCH3 is 1. The first-order valence-electron chi connectivity index (χ1n) is 9.50. The summed E-state index contributed by atoms with van der Waals surface area (Å²) in [5.74, 6) is -1.03. The zero-order chi connectivity index (χ0) is 24.7. The number of hydrogen-bond acceptors (Lipinski definition) is 7. The predicted molar refractivity (Wildman–Crippen MR) is 127 cm³/mol. The van der Waals surface area contributed by atoms with E-state index in [-0.39, 0.29) is 22.2 Å². The van der Waals surface area contributed by atoms with E-state index >= 15 is 0 Å². The number of furan rings is 1. The highest BCUT2D eigenvalue weighted by molar-refractivity contribution is 7.89. The number of halogens is 2. The van der Waals surface area contributed by atoms with Gasteiger partial charge in [-0.1, -0.05) is 23.2 Å². The van der Waals surface area contributed by atoms with Crippen molar-refractivity contribution in [3.05, 3.63) is 76.2 Å². The lowest BCUT2D eigenvalue weighted by atomic mass is 10.3. The summed E-state index contributed by atoms with van der Waals surface area (Å²) in [4.78, 5) is 23.9. The molecule has 0 saturated heterocycles. The van der Waals surface area contributed by atoms with Crippen LogP contribution in [-0.2, 0) is 26.2 Å². The molecule has 2 aromatic carbocycles. The van der Waals surface area contributed by atoms with E-state index in [2.05, 4.69) is 20.6 Å². The first kappa shape index (κ1) is 25.2. The number of hydrazone groups is 1. The van der Waals surface area contributed by atoms with Crippen LogP contribution in [0.25, 0.3) is 0 Å². The second-order valence-electron chi connectivity index (χ2n) is 6.59. The van der Waals surface area contributed by atoms with Crippen LogP contribution < -0.4 is 20.2 Å². The van der Waals surface area contributed by atoms with Gasteiger partial charge in [0.2, 0.25) is 10.0 Å². The molecule has 3 N–H and O–H groups in total. The number of anilines is 1. The lowest BCUT2D eigenvalue weighted by Gasteiger charge is -2.07. The molecule has 0 aliphatic rings. The van der Waals surface area contributed by atoms with Gasteiger partial charge in [-0.15, -0.1) is 0 Å². The van der Waals surface area contributed by atoms with Gasteiger partial charge in [0.1, 0.15) is 17.3 Å². The Morgan fingerprint density at radius 2 is 1.79 bits per heavy atom. The fraction of sp³-hybridized carbons (Fsp3) is 0.0952. The highest BCUT2D eigenvalue weighted by Crippen LogP contribution is 2.27. The highest BCUT2D eigenvalue weighted by atomic mass is 35.5. The van der Waals surface area contributed by atoms with Crippen LogP contribution in [-0.4, -0.2) is 33.6 Å². The molecule has 0 bridgehead atoms. The molecule has 0 unspecified atom stereocenters. The smallest absolute Gasteiger partial charge is 0.329 e. The van der Waals surface area contributed by atoms with Crippen LogP contribution in [0.4, 0.5) is 5.69 Å². The van der Waals surface area contributed by atoms with E-state index in [1.54, 1.807) is 0 Å². The monoisotopic (exact) mass is 524 g/mol. The summed E-state index contributed by atoms with van der Waals surface area (Å²) in [6.45, 7) is -0.113. The van der Waals surface area contributed by atoms with E-state index in [0.717, 1.165) is 6.21 Å². The van der Waals surface area contributed by atoms with Gasteiger partial charge in [0.15, 0.2) is 0 Å². The molecule has 0 aliphatic heterocycles. The quantitative estimate of drug-likeness (QED) is 0.235. The van der Waals surface area contributed by atoms with Gasteiger partial charge in [0, 0.05) is 10.7 Å². The Kier molecular flexibility index (Phi) is 8.29. The van der Waals surface area contributed by atoms with Gasteiger partial charge in [0.25, 0.3) is 0 Å². The summed E-state index contributed by atoms with van der Waals surface area (Å²) in [7, 11) is -2.30. The van der Waals surface area contributed by atoms with Crippen LogP contribution in [0.15, 0.2) is 69.0 Å². The fourth-order valence-corrected chi connectivity index (χ4v) is 3.94. The van der Waals surface area contributed by atoms with E-state index in [1.807, 2.05) is 0 Å². The number of carbonyl (C=O) groups is 2. The Morgan fingerprint density at radius 1 is 1.06 bits per heavy atom. The second kappa shape index (κ2) is 11.2. The molecule has 178 valence electrons. The molecule has 1 heterocycles. The van der Waals surface area contributed by atoms with Gasteiger partial charge in [-0.05, 0) is 54.6 Å². The second-order valence-corrected chi connectivity index (χ2v) is 9.20. The zero-order valence-electron chi connectivity index (χ0n) is 17.5. The Morgan fingerprint density at radius 3 is 2.47 bits per heavy atom. The molecule has 0 saturated carbocycles. The van der Waals surface area contributed by atoms with E-state index in [0.29, 0.717) is 22.2 Å². The Bertz CT molecular complexity index is 1320. The number of hydrogen-bond donors (Lipinski definition) is 3. The zero-order valence-corrected chi connectivity index (χ0v) is 19.9. The number of sulfonamides is 1. The largest absolute Gasteiger partial charge is 0.495 e. The minimum Gasteiger partial charge on any atom is -0.495 e. The molecule has 13 heteroatoms. The van der Waals surface area contributed by atoms with Crippen molar-refractivity contribution in [3.8, 4) is 5.75 Å². The summed E-state index contributed by atoms with van der Waals surface area (Å²) in [5.41, 5.74) is 2.36. The van der Waals surface area contributed by atoms with Gasteiger partial charge in [-0.3, -0.25) is 9.59 Å². The van der Waals surface area contributed by atoms with Gasteiger partial charge < -0.3 is 14.5 Å². The van der Waals surface area contributed by atoms with Crippen molar-refractivity contribution in [2.45, 2.75) is 11.4 Å². The molecule has 2 amide bonds. The van der Waals surface area contributed by atoms with Crippen molar-refractivity contribution in [1.29, 1.82) is 0 Å². The molecule has 34 heavy (non-hydrogen) atoms. The number of nitrogens with one attached hydrogen (secondary N) is 3. The van der Waals surface area contributed by atoms with Crippen molar-refractivity contribution in [2.75, 3.05) is 12.4 Å². The van der Waals surface area contributed by atoms with Crippen molar-refractivity contribution in [2.24, 2.45) is 5.10 Å². The molecule has 10 nitrogen and oxygen atoms in total. The average molecular weight is 525 g/mol. The topological polar surface area (TPSA) is 139 Å². The molecule has 0 spiro atoms. The van der Waals surface area contributed by atoms with Crippen LogP contribution in [0.3, 0.4) is 0 Å². The summed E-state index contributed by atoms with van der Waals surface area (Å²) in [5, 5.41) is 6.71. The standard InChI is InChI=1S/C21H18Cl2N4O6S/c1-32-19-9-4-14(10-18(19)23)26-20(28)21(29)27-24-11-15-5-6-16(33-15)12-25-34(30,31)17-7-2-13(22)3-8-17/h2-11,25H,12H2,1H3,(H,26,28)(H,27,29)/b24-11+. The lowest BCUT2D eigenvalue weighted by molar-refractivity contribution is -0.136. The molecule has 0 aliphatic carbocycles. The third kappa shape index (κ3) is 6.81. The molecule has 1 aromatic heterocycles. The van der Waals surface area contributed by atoms with Crippen molar-refractivity contribution >= 4 is 56.9 Å². The highest BCUT2D eigenvalue weighted by Gasteiger charge is 2.15. The normalized spacial score (nSPS) is 11.4. The molecular weight excluding hydrogens is 507 g/mol. The van der Waals surface area contributed by atoms with Crippen LogP contribution in [0.2, 0.25) is 10.0 Å². The molecule has 0 radical (unpaired) electrons. The summed E-state index contributed by atoms with van der Waals surface area (Å²) < 4.78 is 37.4. The van der Waals surface area contributed by atoms with E-state index in [1.165, 1.54) is 61.7 Å². The van der Waals surface area contributed by atoms with Gasteiger partial charge in [-0.2, -0.15) is 5.10 Å². The maximum absolute atomic E-state index is 12.3. The lowest BCUT2D eigenvalue weighted by Crippen LogP contribution is -2.32. The third-order valence-electron chi connectivity index (χ3n) is 4.22. The Balaban J connectivity index is 1.50. The van der Waals surface area contributed by atoms with Crippen LogP contribution in [0.1, 0.15) is 11.5 Å². The van der Waals surface area contributed by atoms with E-state index in [9.17, 15) is 18.0 Å². The first-order valence-corrected chi connectivity index (χ1v) is 11.7. The van der Waals surface area contributed by atoms with Crippen LogP contribution >= 0.6 is 23.2 Å². The number of rotatable bonds is 8. The summed E-state index contributed by atoms with van der Waals surface area (Å²) in [6.07, 6.45) is 1.16. The number of carbonyl (C=O) groups excluding carboxylic acids is 2. The maximum atomic E-state index is 12.3. The molecule has 3 aromatic rings. The summed E-state index contributed by atoms with van der Waals surface area (Å²) >= 11 is 11.7. The molecule has 0 fully saturated rings. The molecule has 3 rings (SSSR count). The van der Waals surface area contributed by atoms with Crippen molar-refractivity contribution < 1.29 is 27.2 Å². The minimum absolute atomic E-state index is 0.0585. The average Bonchev–Trinajstić information content (AvgIpc) is 3.26. The van der Waals surface area contributed by atoms with Gasteiger partial charge in [-0.25, -0.2) is 18.6 Å². The van der Waals surface area contributed by atoms with E-state index < -0.39 is 21.8 Å². The third-order valence-corrected chi connectivity index (χ3v) is 6.18. The predicted octanol–water partition coefficient (Wildman–Crippen LogP) is 3.16. The maximum Gasteiger partial charge on any atom is 0.329 e. The number of ether oxygens (including phenoxy) is 1. The Labute approximate surface area is 204 Å². The van der Waals surface area contributed by atoms with Gasteiger partial charge >= 0.3 is 11.8 Å². The first-order chi connectivity index (χ1) is 16.2. The number of amides is 2. The van der Waals surface area contributed by atoms with Gasteiger partial charge in [0.05, 0.1) is 29.8 Å².